The Balaban J connectivity index is 2.09. The second kappa shape index (κ2) is 8.47. The lowest BCUT2D eigenvalue weighted by atomic mass is 10.2. The standard InChI is InChI=1S/C16H13Br2ClN2O2/c1-10(22)21-20-8-12-6-14(18)16(15(19)7-12)23-9-11-2-4-13(17)5-3-11/h2-8H,9H2,1H3,(H,21,22)/b20-8-. The largest absolute Gasteiger partial charge is 0.486 e. The van der Waals surface area contributed by atoms with Gasteiger partial charge in [-0.15, -0.1) is 0 Å². The van der Waals surface area contributed by atoms with Crippen molar-refractivity contribution in [3.63, 3.8) is 0 Å². The summed E-state index contributed by atoms with van der Waals surface area (Å²) >= 11 is 13.1. The highest BCUT2D eigenvalue weighted by atomic mass is 79.9. The summed E-state index contributed by atoms with van der Waals surface area (Å²) in [7, 11) is 0. The molecule has 4 nitrogen and oxygen atoms in total. The minimum absolute atomic E-state index is 0.235. The number of hydrazone groups is 1. The molecule has 0 aliphatic carbocycles. The van der Waals surface area contributed by atoms with Crippen LogP contribution in [0.25, 0.3) is 0 Å². The molecule has 2 aromatic rings. The van der Waals surface area contributed by atoms with Gasteiger partial charge < -0.3 is 4.74 Å². The van der Waals surface area contributed by atoms with E-state index in [1.807, 2.05) is 30.3 Å². The van der Waals surface area contributed by atoms with Crippen molar-refractivity contribution >= 4 is 55.6 Å². The van der Waals surface area contributed by atoms with Gasteiger partial charge in [-0.3, -0.25) is 4.79 Å². The maximum absolute atomic E-state index is 10.8. The smallest absolute Gasteiger partial charge is 0.236 e. The molecule has 0 aliphatic heterocycles. The lowest BCUT2D eigenvalue weighted by molar-refractivity contribution is -0.118. The minimum atomic E-state index is -0.235. The molecule has 0 fully saturated rings. The van der Waals surface area contributed by atoms with E-state index in [0.29, 0.717) is 21.9 Å². The predicted molar refractivity (Wildman–Crippen MR) is 99.0 cm³/mol. The molecule has 0 radical (unpaired) electrons. The molecule has 0 unspecified atom stereocenters. The Morgan fingerprint density at radius 3 is 2.61 bits per heavy atom. The highest BCUT2D eigenvalue weighted by molar-refractivity contribution is 9.10. The molecule has 0 atom stereocenters. The van der Waals surface area contributed by atoms with Gasteiger partial charge in [0.15, 0.2) is 5.75 Å². The molecule has 120 valence electrons. The fourth-order valence-electron chi connectivity index (χ4n) is 1.73. The van der Waals surface area contributed by atoms with Crippen molar-refractivity contribution < 1.29 is 9.53 Å². The van der Waals surface area contributed by atoms with Gasteiger partial charge in [0.25, 0.3) is 0 Å². The second-order valence-corrected chi connectivity index (χ2v) is 6.83. The van der Waals surface area contributed by atoms with Gasteiger partial charge in [-0.2, -0.15) is 5.10 Å². The van der Waals surface area contributed by atoms with Crippen molar-refractivity contribution in [2.24, 2.45) is 5.10 Å². The van der Waals surface area contributed by atoms with Gasteiger partial charge in [-0.05, 0) is 51.3 Å². The normalized spacial score (nSPS) is 10.8. The van der Waals surface area contributed by atoms with Crippen LogP contribution in [0.4, 0.5) is 0 Å². The van der Waals surface area contributed by atoms with Crippen molar-refractivity contribution in [3.8, 4) is 5.75 Å². The summed E-state index contributed by atoms with van der Waals surface area (Å²) in [5.74, 6) is 0.326. The molecule has 0 saturated heterocycles. The van der Waals surface area contributed by atoms with Gasteiger partial charge in [-0.1, -0.05) is 39.7 Å². The van der Waals surface area contributed by atoms with Gasteiger partial charge in [0.05, 0.1) is 15.7 Å². The SMILES string of the molecule is CC(=O)N/N=C\c1cc(Cl)c(OCc2ccc(Br)cc2)c(Br)c1. The third-order valence-electron chi connectivity index (χ3n) is 2.75. The van der Waals surface area contributed by atoms with E-state index in [4.69, 9.17) is 16.3 Å². The van der Waals surface area contributed by atoms with E-state index in [0.717, 1.165) is 15.6 Å². The molecule has 2 aromatic carbocycles. The summed E-state index contributed by atoms with van der Waals surface area (Å²) in [5.41, 5.74) is 4.11. The first kappa shape index (κ1) is 18.0. The van der Waals surface area contributed by atoms with Gasteiger partial charge >= 0.3 is 0 Å². The third-order valence-corrected chi connectivity index (χ3v) is 4.15. The molecule has 0 aliphatic rings. The molecule has 0 saturated carbocycles. The maximum Gasteiger partial charge on any atom is 0.236 e. The van der Waals surface area contributed by atoms with Gasteiger partial charge in [0.1, 0.15) is 6.61 Å². The van der Waals surface area contributed by atoms with Crippen molar-refractivity contribution in [3.05, 3.63) is 61.5 Å². The molecule has 7 heteroatoms. The monoisotopic (exact) mass is 458 g/mol. The van der Waals surface area contributed by atoms with Crippen LogP contribution >= 0.6 is 43.5 Å². The van der Waals surface area contributed by atoms with Crippen LogP contribution in [0.3, 0.4) is 0 Å². The molecular weight excluding hydrogens is 447 g/mol. The maximum atomic E-state index is 10.8. The summed E-state index contributed by atoms with van der Waals surface area (Å²) in [4.78, 5) is 10.8. The average Bonchev–Trinajstić information content (AvgIpc) is 2.48. The van der Waals surface area contributed by atoms with Crippen LogP contribution in [0.15, 0.2) is 50.4 Å². The van der Waals surface area contributed by atoms with Gasteiger partial charge in [0, 0.05) is 11.4 Å². The Bertz CT molecular complexity index is 710. The van der Waals surface area contributed by atoms with E-state index in [2.05, 4.69) is 42.4 Å². The molecule has 0 spiro atoms. The fraction of sp³-hybridized carbons (Fsp3) is 0.125. The summed E-state index contributed by atoms with van der Waals surface area (Å²) in [6, 6.07) is 11.4. The van der Waals surface area contributed by atoms with E-state index in [1.165, 1.54) is 13.1 Å². The van der Waals surface area contributed by atoms with Gasteiger partial charge in [0.2, 0.25) is 5.91 Å². The molecule has 1 N–H and O–H groups in total. The van der Waals surface area contributed by atoms with Crippen LogP contribution < -0.4 is 10.2 Å². The highest BCUT2D eigenvalue weighted by Gasteiger charge is 2.09. The first-order valence-electron chi connectivity index (χ1n) is 6.61. The van der Waals surface area contributed by atoms with E-state index in [-0.39, 0.29) is 5.91 Å². The molecular formula is C16H13Br2ClN2O2. The molecule has 23 heavy (non-hydrogen) atoms. The van der Waals surface area contributed by atoms with E-state index < -0.39 is 0 Å². The lowest BCUT2D eigenvalue weighted by Gasteiger charge is -2.11. The van der Waals surface area contributed by atoms with Crippen LogP contribution in [0, 0.1) is 0 Å². The Morgan fingerprint density at radius 2 is 2.00 bits per heavy atom. The quantitative estimate of drug-likeness (QED) is 0.509. The average molecular weight is 461 g/mol. The Labute approximate surface area is 156 Å². The molecule has 2 rings (SSSR count). The molecule has 1 amide bonds. The second-order valence-electron chi connectivity index (χ2n) is 4.66. The number of nitrogens with zero attached hydrogens (tertiary/aromatic N) is 1. The zero-order chi connectivity index (χ0) is 16.8. The lowest BCUT2D eigenvalue weighted by Crippen LogP contribution is -2.12. The highest BCUT2D eigenvalue weighted by Crippen LogP contribution is 2.34. The van der Waals surface area contributed by atoms with Gasteiger partial charge in [-0.25, -0.2) is 5.43 Å². The summed E-state index contributed by atoms with van der Waals surface area (Å²) in [6.07, 6.45) is 1.51. The number of rotatable bonds is 5. The number of amides is 1. The molecule has 0 heterocycles. The number of nitrogens with one attached hydrogen (secondary N) is 1. The zero-order valence-electron chi connectivity index (χ0n) is 12.1. The first-order chi connectivity index (χ1) is 11.0. The summed E-state index contributed by atoms with van der Waals surface area (Å²) < 4.78 is 7.51. The first-order valence-corrected chi connectivity index (χ1v) is 8.58. The minimum Gasteiger partial charge on any atom is -0.486 e. The number of halogens is 3. The number of hydrogen-bond acceptors (Lipinski definition) is 3. The third kappa shape index (κ3) is 5.64. The summed E-state index contributed by atoms with van der Waals surface area (Å²) in [5, 5.41) is 4.26. The zero-order valence-corrected chi connectivity index (χ0v) is 16.1. The van der Waals surface area contributed by atoms with Crippen LogP contribution in [0.5, 0.6) is 5.75 Å². The van der Waals surface area contributed by atoms with Crippen molar-refractivity contribution in [2.45, 2.75) is 13.5 Å². The fourth-order valence-corrected chi connectivity index (χ4v) is 2.98. The molecule has 0 bridgehead atoms. The van der Waals surface area contributed by atoms with Crippen molar-refractivity contribution in [1.82, 2.24) is 5.43 Å². The van der Waals surface area contributed by atoms with E-state index in [1.54, 1.807) is 6.07 Å². The van der Waals surface area contributed by atoms with Crippen LogP contribution in [-0.4, -0.2) is 12.1 Å². The van der Waals surface area contributed by atoms with E-state index in [9.17, 15) is 4.79 Å². The van der Waals surface area contributed by atoms with Crippen molar-refractivity contribution in [1.29, 1.82) is 0 Å². The topological polar surface area (TPSA) is 50.7 Å². The number of carbonyl (C=O) groups excluding carboxylic acids is 1. The van der Waals surface area contributed by atoms with E-state index >= 15 is 0 Å². The Hall–Kier alpha value is -1.37. The Kier molecular flexibility index (Phi) is 6.62. The number of carbonyl (C=O) groups is 1. The summed E-state index contributed by atoms with van der Waals surface area (Å²) in [6.45, 7) is 1.80. The number of hydrogen-bond donors (Lipinski definition) is 1. The van der Waals surface area contributed by atoms with Crippen LogP contribution in [-0.2, 0) is 11.4 Å². The van der Waals surface area contributed by atoms with Crippen LogP contribution in [0.2, 0.25) is 5.02 Å². The number of ether oxygens (including phenoxy) is 1. The van der Waals surface area contributed by atoms with Crippen molar-refractivity contribution in [2.75, 3.05) is 0 Å². The predicted octanol–water partition coefficient (Wildman–Crippen LogP) is 4.91. The van der Waals surface area contributed by atoms with Crippen LogP contribution in [0.1, 0.15) is 18.1 Å². The Morgan fingerprint density at radius 1 is 1.30 bits per heavy atom. The number of benzene rings is 2. The molecule has 0 aromatic heterocycles.